The molecule has 5 nitrogen and oxygen atoms in total. The van der Waals surface area contributed by atoms with Crippen LogP contribution in [-0.2, 0) is 4.74 Å². The number of thiazole rings is 1. The van der Waals surface area contributed by atoms with Crippen molar-refractivity contribution in [3.05, 3.63) is 17.1 Å². The van der Waals surface area contributed by atoms with E-state index in [0.717, 1.165) is 59.4 Å². The van der Waals surface area contributed by atoms with E-state index in [2.05, 4.69) is 28.2 Å². The van der Waals surface area contributed by atoms with E-state index in [1.807, 2.05) is 13.0 Å². The fourth-order valence-electron chi connectivity index (χ4n) is 2.71. The molecule has 0 aliphatic carbocycles. The third kappa shape index (κ3) is 3.45. The minimum atomic E-state index is 0.336. The first-order valence-corrected chi connectivity index (χ1v) is 8.17. The number of hydrogen-bond donors (Lipinski definition) is 2. The van der Waals surface area contributed by atoms with E-state index in [9.17, 15) is 0 Å². The van der Waals surface area contributed by atoms with Crippen molar-refractivity contribution in [2.24, 2.45) is 0 Å². The summed E-state index contributed by atoms with van der Waals surface area (Å²) in [7, 11) is 0. The molecule has 2 aromatic rings. The van der Waals surface area contributed by atoms with Gasteiger partial charge in [0.2, 0.25) is 0 Å². The maximum Gasteiger partial charge on any atom is 0.0907 e. The maximum atomic E-state index is 6.16. The van der Waals surface area contributed by atoms with E-state index >= 15 is 0 Å². The summed E-state index contributed by atoms with van der Waals surface area (Å²) in [5.74, 6) is 0. The van der Waals surface area contributed by atoms with Crippen molar-refractivity contribution < 1.29 is 4.74 Å². The number of hydrogen-bond acceptors (Lipinski definition) is 6. The number of nitrogens with zero attached hydrogens (tertiary/aromatic N) is 2. The molecule has 1 aromatic heterocycles. The van der Waals surface area contributed by atoms with Crippen LogP contribution in [-0.4, -0.2) is 48.8 Å². The Bertz CT molecular complexity index is 621. The van der Waals surface area contributed by atoms with E-state index < -0.39 is 0 Å². The maximum absolute atomic E-state index is 6.16. The average molecular weight is 306 g/mol. The molecule has 1 unspecified atom stereocenters. The second kappa shape index (κ2) is 6.17. The lowest BCUT2D eigenvalue weighted by Crippen LogP contribution is -2.42. The summed E-state index contributed by atoms with van der Waals surface area (Å²) in [5.41, 5.74) is 8.95. The van der Waals surface area contributed by atoms with Crippen LogP contribution in [0.4, 0.5) is 11.4 Å². The molecule has 114 valence electrons. The quantitative estimate of drug-likeness (QED) is 0.849. The number of aromatic nitrogens is 1. The number of ether oxygens (including phenoxy) is 1. The lowest BCUT2D eigenvalue weighted by Gasteiger charge is -2.29. The van der Waals surface area contributed by atoms with Gasteiger partial charge in [-0.1, -0.05) is 0 Å². The largest absolute Gasteiger partial charge is 0.397 e. The van der Waals surface area contributed by atoms with E-state index in [1.165, 1.54) is 0 Å². The van der Waals surface area contributed by atoms with Gasteiger partial charge in [0.25, 0.3) is 0 Å². The average Bonchev–Trinajstić information content (AvgIpc) is 2.79. The summed E-state index contributed by atoms with van der Waals surface area (Å²) >= 11 is 1.68. The third-order valence-corrected chi connectivity index (χ3v) is 4.64. The number of nitrogen functional groups attached to an aromatic ring is 1. The fourth-order valence-corrected chi connectivity index (χ4v) is 3.57. The third-order valence-electron chi connectivity index (χ3n) is 3.70. The Kier molecular flexibility index (Phi) is 4.28. The predicted molar refractivity (Wildman–Crippen MR) is 89.1 cm³/mol. The molecule has 1 atom stereocenters. The Morgan fingerprint density at radius 3 is 2.95 bits per heavy atom. The molecule has 3 rings (SSSR count). The lowest BCUT2D eigenvalue weighted by atomic mass is 10.2. The predicted octanol–water partition coefficient (Wildman–Crippen LogP) is 2.32. The van der Waals surface area contributed by atoms with Gasteiger partial charge in [0.15, 0.2) is 0 Å². The number of nitrogens with one attached hydrogen (secondary N) is 1. The Hall–Kier alpha value is -1.37. The molecular formula is C15H22N4OS. The molecule has 1 saturated heterocycles. The van der Waals surface area contributed by atoms with Gasteiger partial charge in [0.05, 0.1) is 39.8 Å². The molecule has 1 aromatic carbocycles. The number of anilines is 2. The number of rotatable bonds is 4. The van der Waals surface area contributed by atoms with Crippen LogP contribution in [0.3, 0.4) is 0 Å². The van der Waals surface area contributed by atoms with E-state index in [-0.39, 0.29) is 0 Å². The summed E-state index contributed by atoms with van der Waals surface area (Å²) < 4.78 is 6.53. The minimum Gasteiger partial charge on any atom is -0.397 e. The number of nitrogens with two attached hydrogens (primary N) is 1. The molecule has 3 N–H and O–H groups in total. The fraction of sp³-hybridized carbons (Fsp3) is 0.533. The summed E-state index contributed by atoms with van der Waals surface area (Å²) in [6, 6.07) is 4.41. The van der Waals surface area contributed by atoms with Gasteiger partial charge in [-0.2, -0.15) is 0 Å². The van der Waals surface area contributed by atoms with Crippen LogP contribution in [0.1, 0.15) is 11.9 Å². The standard InChI is InChI=1S/C15H22N4OS/c1-10(9-19-3-5-20-6-4-19)17-13-8-14-15(7-12(13)16)21-11(2)18-14/h7-8,10,17H,3-6,9,16H2,1-2H3. The molecule has 1 fully saturated rings. The Balaban J connectivity index is 1.69. The Morgan fingerprint density at radius 1 is 1.43 bits per heavy atom. The van der Waals surface area contributed by atoms with Crippen molar-refractivity contribution in [2.75, 3.05) is 43.9 Å². The highest BCUT2D eigenvalue weighted by Crippen LogP contribution is 2.30. The van der Waals surface area contributed by atoms with Crippen molar-refractivity contribution >= 4 is 32.9 Å². The van der Waals surface area contributed by atoms with Gasteiger partial charge in [-0.25, -0.2) is 4.98 Å². The lowest BCUT2D eigenvalue weighted by molar-refractivity contribution is 0.0368. The zero-order valence-corrected chi connectivity index (χ0v) is 13.4. The van der Waals surface area contributed by atoms with Crippen LogP contribution < -0.4 is 11.1 Å². The van der Waals surface area contributed by atoms with Crippen LogP contribution >= 0.6 is 11.3 Å². The minimum absolute atomic E-state index is 0.336. The SMILES string of the molecule is Cc1nc2cc(NC(C)CN3CCOCC3)c(N)cc2s1. The molecule has 1 aliphatic rings. The molecule has 0 saturated carbocycles. The number of benzene rings is 1. The van der Waals surface area contributed by atoms with Gasteiger partial charge in [0, 0.05) is 25.7 Å². The van der Waals surface area contributed by atoms with Crippen molar-refractivity contribution in [3.63, 3.8) is 0 Å². The molecule has 0 bridgehead atoms. The molecule has 0 spiro atoms. The van der Waals surface area contributed by atoms with Gasteiger partial charge in [-0.3, -0.25) is 4.90 Å². The zero-order chi connectivity index (χ0) is 14.8. The zero-order valence-electron chi connectivity index (χ0n) is 12.6. The smallest absolute Gasteiger partial charge is 0.0907 e. The number of aryl methyl sites for hydroxylation is 1. The van der Waals surface area contributed by atoms with Gasteiger partial charge in [0.1, 0.15) is 0 Å². The van der Waals surface area contributed by atoms with Gasteiger partial charge >= 0.3 is 0 Å². The molecule has 1 aliphatic heterocycles. The molecule has 6 heteroatoms. The van der Waals surface area contributed by atoms with Crippen molar-refractivity contribution in [3.8, 4) is 0 Å². The van der Waals surface area contributed by atoms with E-state index in [4.69, 9.17) is 10.5 Å². The van der Waals surface area contributed by atoms with Crippen molar-refractivity contribution in [1.29, 1.82) is 0 Å². The Morgan fingerprint density at radius 2 is 2.19 bits per heavy atom. The van der Waals surface area contributed by atoms with Crippen LogP contribution in [0, 0.1) is 6.92 Å². The monoisotopic (exact) mass is 306 g/mol. The number of fused-ring (bicyclic) bond motifs is 1. The topological polar surface area (TPSA) is 63.4 Å². The second-order valence-corrected chi connectivity index (χ2v) is 6.83. The van der Waals surface area contributed by atoms with Gasteiger partial charge in [-0.15, -0.1) is 11.3 Å². The summed E-state index contributed by atoms with van der Waals surface area (Å²) in [4.78, 5) is 6.95. The van der Waals surface area contributed by atoms with E-state index in [0.29, 0.717) is 6.04 Å². The second-order valence-electron chi connectivity index (χ2n) is 5.60. The van der Waals surface area contributed by atoms with Crippen LogP contribution in [0.5, 0.6) is 0 Å². The molecule has 0 radical (unpaired) electrons. The molecule has 21 heavy (non-hydrogen) atoms. The van der Waals surface area contributed by atoms with Crippen LogP contribution in [0.25, 0.3) is 10.2 Å². The normalized spacial score (nSPS) is 18.0. The van der Waals surface area contributed by atoms with Crippen molar-refractivity contribution in [1.82, 2.24) is 9.88 Å². The van der Waals surface area contributed by atoms with Crippen LogP contribution in [0.2, 0.25) is 0 Å². The highest BCUT2D eigenvalue weighted by molar-refractivity contribution is 7.18. The van der Waals surface area contributed by atoms with Crippen molar-refractivity contribution in [2.45, 2.75) is 19.9 Å². The first-order chi connectivity index (χ1) is 10.1. The Labute approximate surface area is 129 Å². The number of morpholine rings is 1. The molecule has 2 heterocycles. The summed E-state index contributed by atoms with van der Waals surface area (Å²) in [5, 5.41) is 4.59. The molecule has 0 amide bonds. The molecular weight excluding hydrogens is 284 g/mol. The highest BCUT2D eigenvalue weighted by Gasteiger charge is 2.15. The van der Waals surface area contributed by atoms with Gasteiger partial charge in [-0.05, 0) is 26.0 Å². The van der Waals surface area contributed by atoms with E-state index in [1.54, 1.807) is 11.3 Å². The highest BCUT2D eigenvalue weighted by atomic mass is 32.1. The first-order valence-electron chi connectivity index (χ1n) is 7.35. The first kappa shape index (κ1) is 14.6. The van der Waals surface area contributed by atoms with Crippen LogP contribution in [0.15, 0.2) is 12.1 Å². The summed E-state index contributed by atoms with van der Waals surface area (Å²) in [6.07, 6.45) is 0. The van der Waals surface area contributed by atoms with Gasteiger partial charge < -0.3 is 15.8 Å². The summed E-state index contributed by atoms with van der Waals surface area (Å²) in [6.45, 7) is 8.88.